The van der Waals surface area contributed by atoms with E-state index in [0.717, 1.165) is 0 Å². The lowest BCUT2D eigenvalue weighted by Crippen LogP contribution is -2.45. The Morgan fingerprint density at radius 2 is 2.00 bits per heavy atom. The van der Waals surface area contributed by atoms with Gasteiger partial charge in [-0.05, 0) is 19.8 Å². The fourth-order valence-electron chi connectivity index (χ4n) is 2.22. The summed E-state index contributed by atoms with van der Waals surface area (Å²) in [7, 11) is 0. The third-order valence-corrected chi connectivity index (χ3v) is 4.11. The third-order valence-electron chi connectivity index (χ3n) is 3.14. The molecule has 17 heavy (non-hydrogen) atoms. The predicted octanol–water partition coefficient (Wildman–Crippen LogP) is 3.25. The number of rotatable bonds is 3. The Morgan fingerprint density at radius 1 is 1.41 bits per heavy atom. The van der Waals surface area contributed by atoms with E-state index in [1.54, 1.807) is 6.92 Å². The summed E-state index contributed by atoms with van der Waals surface area (Å²) in [5.74, 6) is -2.84. The highest BCUT2D eigenvalue weighted by atomic mass is 79.9. The molecule has 3 atom stereocenters. The maximum absolute atomic E-state index is 12.8. The molecule has 0 aromatic heterocycles. The Hall–Kier alpha value is -0.260. The van der Waals surface area contributed by atoms with E-state index in [0.29, 0.717) is 24.6 Å². The minimum Gasteiger partial charge on any atom is -0.353 e. The molecule has 100 valence electrons. The lowest BCUT2D eigenvalue weighted by molar-refractivity contribution is -0.198. The van der Waals surface area contributed by atoms with Crippen molar-refractivity contribution < 1.29 is 18.0 Å². The topological polar surface area (TPSA) is 29.1 Å². The number of hydrogen-bond donors (Lipinski definition) is 1. The summed E-state index contributed by atoms with van der Waals surface area (Å²) in [6.07, 6.45) is -2.59. The highest BCUT2D eigenvalue weighted by molar-refractivity contribution is 9.09. The van der Waals surface area contributed by atoms with Crippen LogP contribution in [0.25, 0.3) is 0 Å². The van der Waals surface area contributed by atoms with Crippen LogP contribution >= 0.6 is 15.9 Å². The van der Waals surface area contributed by atoms with Crippen molar-refractivity contribution in [1.29, 1.82) is 0 Å². The molecule has 0 aromatic rings. The van der Waals surface area contributed by atoms with Crippen molar-refractivity contribution in [2.24, 2.45) is 11.8 Å². The largest absolute Gasteiger partial charge is 0.392 e. The van der Waals surface area contributed by atoms with Gasteiger partial charge >= 0.3 is 6.18 Å². The van der Waals surface area contributed by atoms with Gasteiger partial charge in [-0.1, -0.05) is 28.8 Å². The van der Waals surface area contributed by atoms with E-state index in [-0.39, 0.29) is 12.5 Å². The Labute approximate surface area is 107 Å². The van der Waals surface area contributed by atoms with Crippen LogP contribution in [0, 0.1) is 11.8 Å². The average molecular weight is 316 g/mol. The number of alkyl halides is 4. The van der Waals surface area contributed by atoms with Gasteiger partial charge in [0, 0.05) is 17.3 Å². The molecular formula is C11H17BrF3NO. The van der Waals surface area contributed by atoms with E-state index >= 15 is 0 Å². The number of nitrogens with one attached hydrogen (secondary N) is 1. The second-order valence-electron chi connectivity index (χ2n) is 4.60. The van der Waals surface area contributed by atoms with Crippen LogP contribution in [0.1, 0.15) is 32.6 Å². The maximum atomic E-state index is 12.8. The van der Waals surface area contributed by atoms with E-state index < -0.39 is 23.9 Å². The Kier molecular flexibility index (Phi) is 5.28. The lowest BCUT2D eigenvalue weighted by atomic mass is 9.78. The fraction of sp³-hybridized carbons (Fsp3) is 0.909. The molecule has 0 radical (unpaired) electrons. The first-order valence-corrected chi connectivity index (χ1v) is 6.91. The van der Waals surface area contributed by atoms with Crippen LogP contribution in [0.2, 0.25) is 0 Å². The molecule has 0 aromatic carbocycles. The molecule has 1 saturated carbocycles. The molecule has 0 saturated heterocycles. The summed E-state index contributed by atoms with van der Waals surface area (Å²) in [5.41, 5.74) is 0. The Bertz CT molecular complexity index is 270. The fourth-order valence-corrected chi connectivity index (χ4v) is 2.39. The van der Waals surface area contributed by atoms with Crippen LogP contribution in [-0.2, 0) is 4.79 Å². The van der Waals surface area contributed by atoms with Gasteiger partial charge < -0.3 is 5.32 Å². The molecule has 2 nitrogen and oxygen atoms in total. The quantitative estimate of drug-likeness (QED) is 0.796. The molecule has 0 spiro atoms. The van der Waals surface area contributed by atoms with Crippen molar-refractivity contribution in [3.8, 4) is 0 Å². The first kappa shape index (κ1) is 14.8. The van der Waals surface area contributed by atoms with Crippen molar-refractivity contribution in [2.45, 2.75) is 44.8 Å². The lowest BCUT2D eigenvalue weighted by Gasteiger charge is -2.32. The second kappa shape index (κ2) is 6.07. The molecule has 1 amide bonds. The zero-order valence-corrected chi connectivity index (χ0v) is 11.3. The molecule has 1 rings (SSSR count). The smallest absolute Gasteiger partial charge is 0.353 e. The van der Waals surface area contributed by atoms with E-state index in [4.69, 9.17) is 0 Å². The van der Waals surface area contributed by atoms with E-state index in [1.165, 1.54) is 0 Å². The van der Waals surface area contributed by atoms with Crippen LogP contribution in [-0.4, -0.2) is 23.5 Å². The molecule has 1 aliphatic carbocycles. The monoisotopic (exact) mass is 315 g/mol. The predicted molar refractivity (Wildman–Crippen MR) is 62.9 cm³/mol. The summed E-state index contributed by atoms with van der Waals surface area (Å²) in [6.45, 7) is 1.76. The van der Waals surface area contributed by atoms with Gasteiger partial charge in [0.1, 0.15) is 0 Å². The molecule has 0 bridgehead atoms. The number of amides is 1. The summed E-state index contributed by atoms with van der Waals surface area (Å²) >= 11 is 3.18. The van der Waals surface area contributed by atoms with Gasteiger partial charge in [0.25, 0.3) is 0 Å². The van der Waals surface area contributed by atoms with Gasteiger partial charge in [0.05, 0.1) is 5.92 Å². The zero-order chi connectivity index (χ0) is 13.1. The molecule has 0 aliphatic heterocycles. The van der Waals surface area contributed by atoms with Gasteiger partial charge in [0.15, 0.2) is 0 Å². The SMILES string of the molecule is CC(CBr)NC(=O)C1CCCCC1C(F)(F)F. The van der Waals surface area contributed by atoms with Gasteiger partial charge in [-0.15, -0.1) is 0 Å². The molecule has 6 heteroatoms. The number of hydrogen-bond acceptors (Lipinski definition) is 1. The first-order chi connectivity index (χ1) is 7.86. The Balaban J connectivity index is 2.68. The molecule has 3 unspecified atom stereocenters. The highest BCUT2D eigenvalue weighted by Crippen LogP contribution is 2.41. The van der Waals surface area contributed by atoms with Crippen LogP contribution in [0.5, 0.6) is 0 Å². The van der Waals surface area contributed by atoms with Crippen LogP contribution in [0.4, 0.5) is 13.2 Å². The summed E-state index contributed by atoms with van der Waals surface area (Å²) in [4.78, 5) is 11.8. The summed E-state index contributed by atoms with van der Waals surface area (Å²) in [6, 6.07) is -0.140. The van der Waals surface area contributed by atoms with Crippen molar-refractivity contribution >= 4 is 21.8 Å². The van der Waals surface area contributed by atoms with Crippen LogP contribution in [0.3, 0.4) is 0 Å². The van der Waals surface area contributed by atoms with Gasteiger partial charge in [-0.2, -0.15) is 13.2 Å². The number of halogens is 4. The summed E-state index contributed by atoms with van der Waals surface area (Å²) in [5, 5.41) is 3.16. The molecule has 1 fully saturated rings. The zero-order valence-electron chi connectivity index (χ0n) is 9.69. The van der Waals surface area contributed by atoms with E-state index in [9.17, 15) is 18.0 Å². The van der Waals surface area contributed by atoms with E-state index in [1.807, 2.05) is 0 Å². The van der Waals surface area contributed by atoms with Gasteiger partial charge in [-0.3, -0.25) is 4.79 Å². The van der Waals surface area contributed by atoms with Crippen molar-refractivity contribution in [2.75, 3.05) is 5.33 Å². The van der Waals surface area contributed by atoms with Crippen molar-refractivity contribution in [3.63, 3.8) is 0 Å². The molecule has 1 aliphatic rings. The minimum absolute atomic E-state index is 0.0737. The molecule has 1 N–H and O–H groups in total. The maximum Gasteiger partial charge on any atom is 0.392 e. The standard InChI is InChI=1S/C11H17BrF3NO/c1-7(6-12)16-10(17)8-4-2-3-5-9(8)11(13,14)15/h7-9H,2-6H2,1H3,(H,16,17). The first-order valence-electron chi connectivity index (χ1n) is 5.79. The third kappa shape index (κ3) is 4.16. The molecule has 0 heterocycles. The van der Waals surface area contributed by atoms with Crippen molar-refractivity contribution in [3.05, 3.63) is 0 Å². The number of carbonyl (C=O) groups excluding carboxylic acids is 1. The van der Waals surface area contributed by atoms with Gasteiger partial charge in [0.2, 0.25) is 5.91 Å². The molecular weight excluding hydrogens is 299 g/mol. The Morgan fingerprint density at radius 3 is 2.53 bits per heavy atom. The minimum atomic E-state index is -4.26. The van der Waals surface area contributed by atoms with Crippen LogP contribution in [0.15, 0.2) is 0 Å². The summed E-state index contributed by atoms with van der Waals surface area (Å²) < 4.78 is 38.3. The second-order valence-corrected chi connectivity index (χ2v) is 5.25. The van der Waals surface area contributed by atoms with E-state index in [2.05, 4.69) is 21.2 Å². The highest BCUT2D eigenvalue weighted by Gasteiger charge is 2.48. The van der Waals surface area contributed by atoms with Crippen molar-refractivity contribution in [1.82, 2.24) is 5.32 Å². The van der Waals surface area contributed by atoms with Crippen LogP contribution < -0.4 is 5.32 Å². The van der Waals surface area contributed by atoms with Gasteiger partial charge in [-0.25, -0.2) is 0 Å². The number of carbonyl (C=O) groups is 1. The normalized spacial score (nSPS) is 27.6. The average Bonchev–Trinajstić information content (AvgIpc) is 2.27.